The van der Waals surface area contributed by atoms with Crippen molar-refractivity contribution in [2.24, 2.45) is 0 Å². The Morgan fingerprint density at radius 1 is 1.33 bits per heavy atom. The van der Waals surface area contributed by atoms with Gasteiger partial charge >= 0.3 is 0 Å². The number of hydrogen-bond acceptors (Lipinski definition) is 3. The summed E-state index contributed by atoms with van der Waals surface area (Å²) in [7, 11) is -0.756. The van der Waals surface area contributed by atoms with Crippen molar-refractivity contribution in [1.29, 1.82) is 0 Å². The molecule has 0 aromatic rings. The Kier molecular flexibility index (Phi) is 7.37. The van der Waals surface area contributed by atoms with E-state index in [1.165, 1.54) is 0 Å². The first-order valence-electron chi connectivity index (χ1n) is 5.24. The molecule has 0 amide bonds. The molecule has 0 rings (SSSR count). The van der Waals surface area contributed by atoms with Crippen molar-refractivity contribution >= 4 is 18.8 Å². The minimum atomic E-state index is -1.50. The van der Waals surface area contributed by atoms with Crippen LogP contribution < -0.4 is 0 Å². The van der Waals surface area contributed by atoms with Crippen LogP contribution in [0.1, 0.15) is 6.92 Å². The fourth-order valence-electron chi connectivity index (χ4n) is 1.17. The van der Waals surface area contributed by atoms with Crippen LogP contribution >= 0.6 is 0 Å². The van der Waals surface area contributed by atoms with E-state index in [1.54, 1.807) is 0 Å². The summed E-state index contributed by atoms with van der Waals surface area (Å²) in [6.07, 6.45) is 0.0773. The van der Waals surface area contributed by atoms with Gasteiger partial charge in [-0.25, -0.2) is 0 Å². The minimum Gasteiger partial charge on any atom is -0.425 e. The zero-order valence-electron chi connectivity index (χ0n) is 10.6. The molecule has 0 aromatic carbocycles. The van der Waals surface area contributed by atoms with E-state index < -0.39 is 8.32 Å². The van der Waals surface area contributed by atoms with Crippen LogP contribution in [0.15, 0.2) is 12.2 Å². The van der Waals surface area contributed by atoms with Gasteiger partial charge in [0.25, 0.3) is 0 Å². The van der Waals surface area contributed by atoms with Crippen LogP contribution in [0.25, 0.3) is 0 Å². The van der Waals surface area contributed by atoms with Crippen LogP contribution in [0.4, 0.5) is 0 Å². The molecule has 15 heavy (non-hydrogen) atoms. The maximum Gasteiger partial charge on any atom is 0.184 e. The van der Waals surface area contributed by atoms with Crippen LogP contribution in [0.3, 0.4) is 0 Å². The smallest absolute Gasteiger partial charge is 0.184 e. The highest BCUT2D eigenvalue weighted by Gasteiger charge is 2.20. The summed E-state index contributed by atoms with van der Waals surface area (Å²) >= 11 is 0. The average molecular weight is 248 g/mol. The summed E-state index contributed by atoms with van der Waals surface area (Å²) in [5.74, 6) is 0. The zero-order chi connectivity index (χ0) is 11.9. The molecule has 0 saturated carbocycles. The highest BCUT2D eigenvalue weighted by molar-refractivity contribution is 6.69. The zero-order valence-corrected chi connectivity index (χ0v) is 13.6. The van der Waals surface area contributed by atoms with E-state index in [0.717, 1.165) is 16.1 Å². The van der Waals surface area contributed by atoms with Crippen molar-refractivity contribution in [3.8, 4) is 0 Å². The second-order valence-corrected chi connectivity index (χ2v) is 9.82. The monoisotopic (exact) mass is 248 g/mol. The molecule has 5 heteroatoms. The van der Waals surface area contributed by atoms with E-state index in [1.807, 2.05) is 6.92 Å². The van der Waals surface area contributed by atoms with Crippen LogP contribution in [-0.4, -0.2) is 44.7 Å². The quantitative estimate of drug-likeness (QED) is 0.475. The molecule has 0 aliphatic heterocycles. The van der Waals surface area contributed by atoms with Gasteiger partial charge in [-0.2, -0.15) is 0 Å². The van der Waals surface area contributed by atoms with Gasteiger partial charge in [0.2, 0.25) is 0 Å². The second-order valence-electron chi connectivity index (χ2n) is 4.78. The van der Waals surface area contributed by atoms with Crippen molar-refractivity contribution in [2.75, 3.05) is 19.8 Å². The molecule has 0 heterocycles. The Bertz CT molecular complexity index is 190. The van der Waals surface area contributed by atoms with Crippen molar-refractivity contribution in [2.45, 2.75) is 32.7 Å². The lowest BCUT2D eigenvalue weighted by atomic mass is 10.4. The van der Waals surface area contributed by atoms with Gasteiger partial charge in [0.05, 0.1) is 25.9 Å². The van der Waals surface area contributed by atoms with Crippen molar-refractivity contribution in [1.82, 2.24) is 0 Å². The number of ether oxygens (including phenoxy) is 1. The van der Waals surface area contributed by atoms with Crippen molar-refractivity contribution in [3.05, 3.63) is 12.2 Å². The molecular weight excluding hydrogens is 224 g/mol. The third-order valence-corrected chi connectivity index (χ3v) is 2.90. The molecule has 0 aliphatic carbocycles. The molecule has 0 fully saturated rings. The Hall–Kier alpha value is 0.0538. The molecule has 0 bridgehead atoms. The lowest BCUT2D eigenvalue weighted by Gasteiger charge is -2.26. The Morgan fingerprint density at radius 2 is 1.93 bits per heavy atom. The molecule has 1 atom stereocenters. The third-order valence-electron chi connectivity index (χ3n) is 1.52. The lowest BCUT2D eigenvalue weighted by molar-refractivity contribution is 0.0318. The summed E-state index contributed by atoms with van der Waals surface area (Å²) in [6.45, 7) is 14.1. The summed E-state index contributed by atoms with van der Waals surface area (Å²) < 4.78 is 16.7. The Morgan fingerprint density at radius 3 is 2.33 bits per heavy atom. The predicted molar refractivity (Wildman–Crippen MR) is 69.7 cm³/mol. The fraction of sp³-hybridized carbons (Fsp3) is 0.800. The summed E-state index contributed by atoms with van der Waals surface area (Å²) in [5, 5.41) is 0. The van der Waals surface area contributed by atoms with Gasteiger partial charge in [-0.05, 0) is 26.6 Å². The van der Waals surface area contributed by atoms with Gasteiger partial charge in [0.1, 0.15) is 10.5 Å². The van der Waals surface area contributed by atoms with E-state index in [9.17, 15) is 0 Å². The van der Waals surface area contributed by atoms with Crippen molar-refractivity contribution < 1.29 is 13.6 Å². The van der Waals surface area contributed by atoms with Crippen LogP contribution in [-0.2, 0) is 13.6 Å². The molecule has 3 nitrogen and oxygen atoms in total. The molecule has 0 aromatic heterocycles. The van der Waals surface area contributed by atoms with Gasteiger partial charge in [0, 0.05) is 0 Å². The first-order valence-corrected chi connectivity index (χ1v) is 9.46. The topological polar surface area (TPSA) is 27.7 Å². The normalized spacial score (nSPS) is 14.1. The Balaban J connectivity index is 3.88. The van der Waals surface area contributed by atoms with Crippen LogP contribution in [0.2, 0.25) is 19.6 Å². The molecule has 0 N–H and O–H groups in total. The van der Waals surface area contributed by atoms with Crippen LogP contribution in [0.5, 0.6) is 0 Å². The molecule has 1 unspecified atom stereocenters. The van der Waals surface area contributed by atoms with Gasteiger partial charge in [-0.1, -0.05) is 12.2 Å². The first-order chi connectivity index (χ1) is 6.85. The predicted octanol–water partition coefficient (Wildman–Crippen LogP) is 1.10. The Labute approximate surface area is 97.5 Å². The second kappa shape index (κ2) is 7.35. The molecular formula is C10H24O3Si2. The van der Waals surface area contributed by atoms with Gasteiger partial charge in [-0.15, -0.1) is 0 Å². The fourth-order valence-corrected chi connectivity index (χ4v) is 2.67. The summed E-state index contributed by atoms with van der Waals surface area (Å²) in [6, 6.07) is 0. The lowest BCUT2D eigenvalue weighted by Crippen LogP contribution is -2.37. The molecule has 0 aliphatic rings. The van der Waals surface area contributed by atoms with Gasteiger partial charge in [0.15, 0.2) is 8.32 Å². The van der Waals surface area contributed by atoms with Crippen molar-refractivity contribution in [3.63, 3.8) is 0 Å². The summed E-state index contributed by atoms with van der Waals surface area (Å²) in [4.78, 5) is 0. The first kappa shape index (κ1) is 15.1. The SMILES string of the molecule is C=C(C)COCC(CO[SiH3])O[Si](C)(C)C. The average Bonchev–Trinajstić information content (AvgIpc) is 2.00. The summed E-state index contributed by atoms with van der Waals surface area (Å²) in [5.41, 5.74) is 1.04. The van der Waals surface area contributed by atoms with E-state index in [-0.39, 0.29) is 6.10 Å². The molecule has 0 spiro atoms. The van der Waals surface area contributed by atoms with E-state index in [2.05, 4.69) is 26.2 Å². The third kappa shape index (κ3) is 10.3. The molecule has 0 radical (unpaired) electrons. The molecule has 0 saturated heterocycles. The van der Waals surface area contributed by atoms with Gasteiger partial charge < -0.3 is 13.6 Å². The maximum atomic E-state index is 5.94. The highest BCUT2D eigenvalue weighted by atomic mass is 28.4. The maximum absolute atomic E-state index is 5.94. The molecule has 90 valence electrons. The number of rotatable bonds is 8. The van der Waals surface area contributed by atoms with E-state index >= 15 is 0 Å². The largest absolute Gasteiger partial charge is 0.425 e. The van der Waals surface area contributed by atoms with E-state index in [4.69, 9.17) is 13.6 Å². The van der Waals surface area contributed by atoms with Gasteiger partial charge in [-0.3, -0.25) is 0 Å². The number of hydrogen-bond donors (Lipinski definition) is 0. The standard InChI is InChI=1S/C10H24O3Si2/c1-9(2)6-11-7-10(8-12-14)13-15(3,4)5/h10H,1,6-8H2,2-5,14H3. The van der Waals surface area contributed by atoms with E-state index in [0.29, 0.717) is 19.8 Å². The minimum absolute atomic E-state index is 0.0773. The highest BCUT2D eigenvalue weighted by Crippen LogP contribution is 2.08. The van der Waals surface area contributed by atoms with Crippen LogP contribution in [0, 0.1) is 0 Å².